The second kappa shape index (κ2) is 9.49. The van der Waals surface area contributed by atoms with Crippen molar-refractivity contribution in [2.45, 2.75) is 19.1 Å². The molecule has 1 aromatic heterocycles. The number of hydrogen-bond acceptors (Lipinski definition) is 6. The summed E-state index contributed by atoms with van der Waals surface area (Å²) in [7, 11) is 1.53. The van der Waals surface area contributed by atoms with Crippen LogP contribution in [0.3, 0.4) is 0 Å². The number of carbonyl (C=O) groups excluding carboxylic acids is 1. The van der Waals surface area contributed by atoms with Gasteiger partial charge in [0.1, 0.15) is 0 Å². The van der Waals surface area contributed by atoms with Crippen LogP contribution in [0.15, 0.2) is 67.0 Å². The van der Waals surface area contributed by atoms with Gasteiger partial charge in [0.2, 0.25) is 0 Å². The zero-order chi connectivity index (χ0) is 22.5. The van der Waals surface area contributed by atoms with Crippen molar-refractivity contribution in [3.05, 3.63) is 78.1 Å². The highest BCUT2D eigenvalue weighted by Gasteiger charge is 2.24. The van der Waals surface area contributed by atoms with E-state index in [1.54, 1.807) is 48.7 Å². The van der Waals surface area contributed by atoms with E-state index in [0.717, 1.165) is 12.8 Å². The molecule has 1 aliphatic heterocycles. The van der Waals surface area contributed by atoms with Crippen molar-refractivity contribution >= 4 is 23.3 Å². The average molecular weight is 434 g/mol. The quantitative estimate of drug-likeness (QED) is 0.593. The first-order valence-electron chi connectivity index (χ1n) is 10.1. The summed E-state index contributed by atoms with van der Waals surface area (Å²) in [6.45, 7) is 0.625. The van der Waals surface area contributed by atoms with Gasteiger partial charge < -0.3 is 19.3 Å². The number of benzene rings is 2. The van der Waals surface area contributed by atoms with Crippen molar-refractivity contribution in [2.24, 2.45) is 0 Å². The highest BCUT2D eigenvalue weighted by molar-refractivity contribution is 6.11. The molecule has 8 heteroatoms. The molecular weight excluding hydrogens is 412 g/mol. The van der Waals surface area contributed by atoms with Gasteiger partial charge in [0.05, 0.1) is 36.2 Å². The van der Waals surface area contributed by atoms with Crippen LogP contribution in [0.25, 0.3) is 0 Å². The van der Waals surface area contributed by atoms with Crippen molar-refractivity contribution in [2.75, 3.05) is 18.6 Å². The van der Waals surface area contributed by atoms with Gasteiger partial charge in [0, 0.05) is 24.9 Å². The third-order valence-corrected chi connectivity index (χ3v) is 5.01. The van der Waals surface area contributed by atoms with Crippen molar-refractivity contribution in [3.8, 4) is 11.5 Å². The zero-order valence-electron chi connectivity index (χ0n) is 17.4. The van der Waals surface area contributed by atoms with Gasteiger partial charge >= 0.3 is 5.97 Å². The number of amides is 1. The number of carbonyl (C=O) groups is 2. The Balaban J connectivity index is 1.80. The van der Waals surface area contributed by atoms with Crippen LogP contribution < -0.4 is 14.4 Å². The van der Waals surface area contributed by atoms with Crippen LogP contribution in [-0.2, 0) is 4.74 Å². The molecule has 8 nitrogen and oxygen atoms in total. The van der Waals surface area contributed by atoms with Crippen LogP contribution in [0.4, 0.5) is 11.4 Å². The number of aromatic nitrogens is 1. The third-order valence-electron chi connectivity index (χ3n) is 5.01. The standard InChI is InChI=1S/C24H22N2O6/c1-30-20-10-9-19(14-21(20)32-22-8-4-12-31-22)26(23(27)17-6-3-11-25-15-17)18-7-2-5-16(13-18)24(28)29/h2-3,5-7,9-11,13-15,22H,4,8,12H2,1H3,(H,28,29). The molecule has 1 amide bonds. The number of anilines is 2. The summed E-state index contributed by atoms with van der Waals surface area (Å²) in [4.78, 5) is 30.5. The molecule has 164 valence electrons. The minimum Gasteiger partial charge on any atom is -0.493 e. The van der Waals surface area contributed by atoms with E-state index in [0.29, 0.717) is 35.0 Å². The molecule has 3 aromatic rings. The molecule has 1 aliphatic rings. The highest BCUT2D eigenvalue weighted by atomic mass is 16.7. The maximum atomic E-state index is 13.5. The number of carboxylic acids is 1. The van der Waals surface area contributed by atoms with E-state index in [2.05, 4.69) is 4.98 Å². The van der Waals surface area contributed by atoms with Crippen LogP contribution in [0, 0.1) is 0 Å². The fourth-order valence-corrected chi connectivity index (χ4v) is 3.46. The zero-order valence-corrected chi connectivity index (χ0v) is 17.4. The molecule has 1 unspecified atom stereocenters. The Morgan fingerprint density at radius 2 is 1.88 bits per heavy atom. The molecule has 0 aliphatic carbocycles. The maximum Gasteiger partial charge on any atom is 0.335 e. The van der Waals surface area contributed by atoms with Crippen molar-refractivity contribution in [3.63, 3.8) is 0 Å². The van der Waals surface area contributed by atoms with E-state index >= 15 is 0 Å². The average Bonchev–Trinajstić information content (AvgIpc) is 3.33. The van der Waals surface area contributed by atoms with E-state index in [1.807, 2.05) is 0 Å². The predicted octanol–water partition coefficient (Wildman–Crippen LogP) is 4.28. The van der Waals surface area contributed by atoms with Gasteiger partial charge in [-0.3, -0.25) is 14.7 Å². The third kappa shape index (κ3) is 4.55. The summed E-state index contributed by atoms with van der Waals surface area (Å²) >= 11 is 0. The van der Waals surface area contributed by atoms with Crippen LogP contribution in [0.5, 0.6) is 11.5 Å². The van der Waals surface area contributed by atoms with E-state index in [1.165, 1.54) is 30.3 Å². The molecule has 2 aromatic carbocycles. The molecule has 4 rings (SSSR count). The fraction of sp³-hybridized carbons (Fsp3) is 0.208. The van der Waals surface area contributed by atoms with E-state index in [-0.39, 0.29) is 11.5 Å². The van der Waals surface area contributed by atoms with Gasteiger partial charge in [-0.05, 0) is 48.9 Å². The molecule has 0 bridgehead atoms. The number of pyridine rings is 1. The molecular formula is C24H22N2O6. The number of aromatic carboxylic acids is 1. The number of ether oxygens (including phenoxy) is 3. The summed E-state index contributed by atoms with van der Waals surface area (Å²) in [6, 6.07) is 14.6. The van der Waals surface area contributed by atoms with E-state index < -0.39 is 12.3 Å². The van der Waals surface area contributed by atoms with Crippen LogP contribution >= 0.6 is 0 Å². The topological polar surface area (TPSA) is 98.2 Å². The SMILES string of the molecule is COc1ccc(N(C(=O)c2cccnc2)c2cccc(C(=O)O)c2)cc1OC1CCCO1. The summed E-state index contributed by atoms with van der Waals surface area (Å²) < 4.78 is 17.0. The van der Waals surface area contributed by atoms with Crippen molar-refractivity contribution in [1.29, 1.82) is 0 Å². The van der Waals surface area contributed by atoms with Gasteiger partial charge in [-0.1, -0.05) is 6.07 Å². The molecule has 0 saturated carbocycles. The number of methoxy groups -OCH3 is 1. The van der Waals surface area contributed by atoms with Crippen LogP contribution in [-0.4, -0.2) is 42.0 Å². The second-order valence-corrected chi connectivity index (χ2v) is 7.13. The Hall–Kier alpha value is -3.91. The Morgan fingerprint density at radius 3 is 2.56 bits per heavy atom. The monoisotopic (exact) mass is 434 g/mol. The van der Waals surface area contributed by atoms with Crippen molar-refractivity contribution < 1.29 is 28.9 Å². The maximum absolute atomic E-state index is 13.5. The second-order valence-electron chi connectivity index (χ2n) is 7.13. The lowest BCUT2D eigenvalue weighted by Gasteiger charge is -2.25. The first-order chi connectivity index (χ1) is 15.6. The van der Waals surface area contributed by atoms with Crippen LogP contribution in [0.1, 0.15) is 33.6 Å². The van der Waals surface area contributed by atoms with Gasteiger partial charge in [0.25, 0.3) is 5.91 Å². The Labute approximate surface area is 185 Å². The lowest BCUT2D eigenvalue weighted by Crippen LogP contribution is -2.26. The highest BCUT2D eigenvalue weighted by Crippen LogP contribution is 2.37. The fourth-order valence-electron chi connectivity index (χ4n) is 3.46. The van der Waals surface area contributed by atoms with Crippen LogP contribution in [0.2, 0.25) is 0 Å². The number of hydrogen-bond donors (Lipinski definition) is 1. The molecule has 2 heterocycles. The van der Waals surface area contributed by atoms with E-state index in [4.69, 9.17) is 14.2 Å². The summed E-state index contributed by atoms with van der Waals surface area (Å²) in [5.41, 5.74) is 1.30. The van der Waals surface area contributed by atoms with Gasteiger partial charge in [-0.25, -0.2) is 4.79 Å². The summed E-state index contributed by atoms with van der Waals surface area (Å²) in [5, 5.41) is 9.43. The van der Waals surface area contributed by atoms with Crippen molar-refractivity contribution in [1.82, 2.24) is 4.98 Å². The number of rotatable bonds is 7. The first kappa shape index (κ1) is 21.3. The minimum absolute atomic E-state index is 0.0656. The number of carboxylic acid groups (broad SMARTS) is 1. The van der Waals surface area contributed by atoms with Gasteiger partial charge in [-0.15, -0.1) is 0 Å². The Bertz CT molecular complexity index is 1110. The largest absolute Gasteiger partial charge is 0.493 e. The molecule has 0 spiro atoms. The van der Waals surface area contributed by atoms with Gasteiger partial charge in [0.15, 0.2) is 17.8 Å². The van der Waals surface area contributed by atoms with E-state index in [9.17, 15) is 14.7 Å². The number of nitrogens with zero attached hydrogens (tertiary/aromatic N) is 2. The lowest BCUT2D eigenvalue weighted by molar-refractivity contribution is -0.0402. The lowest BCUT2D eigenvalue weighted by atomic mass is 10.1. The Kier molecular flexibility index (Phi) is 6.32. The molecule has 0 radical (unpaired) electrons. The first-order valence-corrected chi connectivity index (χ1v) is 10.1. The molecule has 32 heavy (non-hydrogen) atoms. The molecule has 1 N–H and O–H groups in total. The minimum atomic E-state index is -1.09. The summed E-state index contributed by atoms with van der Waals surface area (Å²) in [5.74, 6) is -0.528. The molecule has 1 fully saturated rings. The normalized spacial score (nSPS) is 15.2. The summed E-state index contributed by atoms with van der Waals surface area (Å²) in [6.07, 6.45) is 4.31. The Morgan fingerprint density at radius 1 is 1.06 bits per heavy atom. The smallest absolute Gasteiger partial charge is 0.335 e. The van der Waals surface area contributed by atoms with Gasteiger partial charge in [-0.2, -0.15) is 0 Å². The molecule has 1 saturated heterocycles. The predicted molar refractivity (Wildman–Crippen MR) is 117 cm³/mol. The molecule has 1 atom stereocenters.